The SMILES string of the molecule is c1ccc2c(c1)OCC2CNCc1ncon1. The Labute approximate surface area is 98.8 Å². The Bertz CT molecular complexity index is 484. The molecule has 1 unspecified atom stereocenters. The summed E-state index contributed by atoms with van der Waals surface area (Å²) in [6.45, 7) is 2.21. The van der Waals surface area contributed by atoms with Gasteiger partial charge in [-0.1, -0.05) is 23.4 Å². The zero-order valence-electron chi connectivity index (χ0n) is 9.30. The first kappa shape index (κ1) is 10.3. The van der Waals surface area contributed by atoms with Crippen molar-refractivity contribution in [3.63, 3.8) is 0 Å². The van der Waals surface area contributed by atoms with Crippen LogP contribution >= 0.6 is 0 Å². The van der Waals surface area contributed by atoms with Crippen LogP contribution in [0.15, 0.2) is 35.2 Å². The molecular weight excluding hydrogens is 218 g/mol. The van der Waals surface area contributed by atoms with E-state index < -0.39 is 0 Å². The largest absolute Gasteiger partial charge is 0.493 e. The molecule has 88 valence electrons. The van der Waals surface area contributed by atoms with E-state index in [9.17, 15) is 0 Å². The highest BCUT2D eigenvalue weighted by Crippen LogP contribution is 2.32. The van der Waals surface area contributed by atoms with Gasteiger partial charge < -0.3 is 14.6 Å². The van der Waals surface area contributed by atoms with E-state index in [-0.39, 0.29) is 0 Å². The lowest BCUT2D eigenvalue weighted by atomic mass is 10.0. The fraction of sp³-hybridized carbons (Fsp3) is 0.333. The maximum Gasteiger partial charge on any atom is 0.213 e. The van der Waals surface area contributed by atoms with E-state index in [1.54, 1.807) is 0 Å². The molecule has 0 bridgehead atoms. The summed E-state index contributed by atoms with van der Waals surface area (Å²) in [7, 11) is 0. The molecule has 0 spiro atoms. The maximum absolute atomic E-state index is 5.61. The quantitative estimate of drug-likeness (QED) is 0.860. The molecule has 2 aromatic rings. The van der Waals surface area contributed by atoms with Crippen LogP contribution in [0.2, 0.25) is 0 Å². The fourth-order valence-corrected chi connectivity index (χ4v) is 2.03. The molecule has 1 N–H and O–H groups in total. The third-order valence-corrected chi connectivity index (χ3v) is 2.88. The van der Waals surface area contributed by atoms with Crippen molar-refractivity contribution in [3.8, 4) is 5.75 Å². The molecule has 5 nitrogen and oxygen atoms in total. The summed E-state index contributed by atoms with van der Waals surface area (Å²) >= 11 is 0. The minimum absolute atomic E-state index is 0.401. The van der Waals surface area contributed by atoms with Crippen LogP contribution in [-0.2, 0) is 6.54 Å². The Hall–Kier alpha value is -1.88. The molecular formula is C12H13N3O2. The van der Waals surface area contributed by atoms with Crippen LogP contribution in [0.3, 0.4) is 0 Å². The molecule has 1 atom stereocenters. The Morgan fingerprint density at radius 3 is 3.18 bits per heavy atom. The van der Waals surface area contributed by atoms with Gasteiger partial charge >= 0.3 is 0 Å². The fourth-order valence-electron chi connectivity index (χ4n) is 2.03. The van der Waals surface area contributed by atoms with Crippen LogP contribution in [0.25, 0.3) is 0 Å². The number of benzene rings is 1. The first-order valence-corrected chi connectivity index (χ1v) is 5.61. The van der Waals surface area contributed by atoms with Crippen molar-refractivity contribution in [1.29, 1.82) is 0 Å². The van der Waals surface area contributed by atoms with Crippen LogP contribution in [0.4, 0.5) is 0 Å². The van der Waals surface area contributed by atoms with Crippen molar-refractivity contribution in [2.45, 2.75) is 12.5 Å². The predicted molar refractivity (Wildman–Crippen MR) is 60.7 cm³/mol. The van der Waals surface area contributed by atoms with Gasteiger partial charge in [-0.2, -0.15) is 4.98 Å². The molecule has 0 saturated carbocycles. The van der Waals surface area contributed by atoms with Crippen LogP contribution in [0, 0.1) is 0 Å². The summed E-state index contributed by atoms with van der Waals surface area (Å²) in [5, 5.41) is 7.05. The van der Waals surface area contributed by atoms with Crippen molar-refractivity contribution in [1.82, 2.24) is 15.5 Å². The highest BCUT2D eigenvalue weighted by atomic mass is 16.5. The number of ether oxygens (including phenoxy) is 1. The van der Waals surface area contributed by atoms with Crippen LogP contribution in [0.5, 0.6) is 5.75 Å². The van der Waals surface area contributed by atoms with Crippen molar-refractivity contribution in [3.05, 3.63) is 42.0 Å². The number of nitrogens with zero attached hydrogens (tertiary/aromatic N) is 2. The molecule has 0 amide bonds. The number of rotatable bonds is 4. The molecule has 2 heterocycles. The average molecular weight is 231 g/mol. The molecule has 0 fully saturated rings. The summed E-state index contributed by atoms with van der Waals surface area (Å²) in [5.74, 6) is 2.08. The molecule has 3 rings (SSSR count). The van der Waals surface area contributed by atoms with Gasteiger partial charge in [0.15, 0.2) is 5.82 Å². The second-order valence-electron chi connectivity index (χ2n) is 4.02. The van der Waals surface area contributed by atoms with Crippen LogP contribution in [0.1, 0.15) is 17.3 Å². The van der Waals surface area contributed by atoms with Gasteiger partial charge in [-0.05, 0) is 6.07 Å². The van der Waals surface area contributed by atoms with E-state index in [1.807, 2.05) is 18.2 Å². The van der Waals surface area contributed by atoms with Gasteiger partial charge in [-0.3, -0.25) is 0 Å². The van der Waals surface area contributed by atoms with E-state index in [4.69, 9.17) is 4.74 Å². The van der Waals surface area contributed by atoms with Gasteiger partial charge in [0.05, 0.1) is 13.2 Å². The topological polar surface area (TPSA) is 60.2 Å². The lowest BCUT2D eigenvalue weighted by molar-refractivity contribution is 0.325. The molecule has 17 heavy (non-hydrogen) atoms. The summed E-state index contributed by atoms with van der Waals surface area (Å²) in [4.78, 5) is 3.95. The minimum Gasteiger partial charge on any atom is -0.493 e. The number of fused-ring (bicyclic) bond motifs is 1. The third-order valence-electron chi connectivity index (χ3n) is 2.88. The van der Waals surface area contributed by atoms with Crippen molar-refractivity contribution in [2.24, 2.45) is 0 Å². The zero-order valence-corrected chi connectivity index (χ0v) is 9.30. The number of hydrogen-bond donors (Lipinski definition) is 1. The van der Waals surface area contributed by atoms with Crippen molar-refractivity contribution >= 4 is 0 Å². The molecule has 0 saturated heterocycles. The van der Waals surface area contributed by atoms with Gasteiger partial charge in [-0.25, -0.2) is 0 Å². The van der Waals surface area contributed by atoms with E-state index in [0.29, 0.717) is 18.3 Å². The molecule has 1 aromatic heterocycles. The summed E-state index contributed by atoms with van der Waals surface area (Å²) in [5.41, 5.74) is 1.27. The molecule has 0 radical (unpaired) electrons. The van der Waals surface area contributed by atoms with Gasteiger partial charge in [-0.15, -0.1) is 0 Å². The molecule has 1 aliphatic heterocycles. The predicted octanol–water partition coefficient (Wildman–Crippen LogP) is 1.34. The van der Waals surface area contributed by atoms with Gasteiger partial charge in [0, 0.05) is 18.0 Å². The van der Waals surface area contributed by atoms with E-state index in [0.717, 1.165) is 18.9 Å². The van der Waals surface area contributed by atoms with Gasteiger partial charge in [0.1, 0.15) is 5.75 Å². The average Bonchev–Trinajstić information content (AvgIpc) is 2.99. The summed E-state index contributed by atoms with van der Waals surface area (Å²) in [6, 6.07) is 8.16. The Morgan fingerprint density at radius 1 is 1.35 bits per heavy atom. The van der Waals surface area contributed by atoms with E-state index in [1.165, 1.54) is 12.0 Å². The number of nitrogens with one attached hydrogen (secondary N) is 1. The molecule has 1 aliphatic rings. The highest BCUT2D eigenvalue weighted by molar-refractivity contribution is 5.39. The second kappa shape index (κ2) is 4.55. The minimum atomic E-state index is 0.401. The van der Waals surface area contributed by atoms with Crippen molar-refractivity contribution in [2.75, 3.05) is 13.2 Å². The zero-order chi connectivity index (χ0) is 11.5. The van der Waals surface area contributed by atoms with E-state index >= 15 is 0 Å². The first-order valence-electron chi connectivity index (χ1n) is 5.61. The maximum atomic E-state index is 5.61. The number of hydrogen-bond acceptors (Lipinski definition) is 5. The Morgan fingerprint density at radius 2 is 2.29 bits per heavy atom. The molecule has 5 heteroatoms. The summed E-state index contributed by atoms with van der Waals surface area (Å²) in [6.07, 6.45) is 1.34. The Kier molecular flexibility index (Phi) is 2.75. The van der Waals surface area contributed by atoms with Crippen LogP contribution in [-0.4, -0.2) is 23.3 Å². The Balaban J connectivity index is 1.57. The first-order chi connectivity index (χ1) is 8.43. The molecule has 0 aliphatic carbocycles. The van der Waals surface area contributed by atoms with E-state index in [2.05, 4.69) is 26.0 Å². The highest BCUT2D eigenvalue weighted by Gasteiger charge is 2.22. The van der Waals surface area contributed by atoms with Gasteiger partial charge in [0.2, 0.25) is 6.39 Å². The second-order valence-corrected chi connectivity index (χ2v) is 4.02. The normalized spacial score (nSPS) is 17.8. The standard InChI is InChI=1S/C12H13N3O2/c1-2-4-11-10(3-1)9(7-16-11)5-13-6-12-14-8-17-15-12/h1-4,8-9,13H,5-7H2. The van der Waals surface area contributed by atoms with Crippen molar-refractivity contribution < 1.29 is 9.26 Å². The lowest BCUT2D eigenvalue weighted by Crippen LogP contribution is -2.22. The van der Waals surface area contributed by atoms with Gasteiger partial charge in [0.25, 0.3) is 0 Å². The number of para-hydroxylation sites is 1. The van der Waals surface area contributed by atoms with Crippen LogP contribution < -0.4 is 10.1 Å². The lowest BCUT2D eigenvalue weighted by Gasteiger charge is -2.08. The molecule has 1 aromatic carbocycles. The summed E-state index contributed by atoms with van der Waals surface area (Å²) < 4.78 is 10.3. The number of aromatic nitrogens is 2. The smallest absolute Gasteiger partial charge is 0.213 e. The third kappa shape index (κ3) is 2.14. The monoisotopic (exact) mass is 231 g/mol.